The molecule has 1 aliphatic rings. The summed E-state index contributed by atoms with van der Waals surface area (Å²) in [4.78, 5) is 37.6. The number of amides is 1. The number of esters is 1. The summed E-state index contributed by atoms with van der Waals surface area (Å²) < 4.78 is 5.24. The number of fused-ring (bicyclic) bond motifs is 1. The van der Waals surface area contributed by atoms with Crippen molar-refractivity contribution in [1.29, 1.82) is 0 Å². The van der Waals surface area contributed by atoms with E-state index in [0.717, 1.165) is 35.5 Å². The number of hydrogen-bond donors (Lipinski definition) is 1. The minimum atomic E-state index is -0.279. The molecule has 1 fully saturated rings. The number of carbonyl (C=O) groups is 2. The van der Waals surface area contributed by atoms with Crippen LogP contribution in [0.15, 0.2) is 6.33 Å². The maximum atomic E-state index is 12.4. The van der Waals surface area contributed by atoms with Crippen molar-refractivity contribution >= 4 is 39.2 Å². The molecule has 29 heavy (non-hydrogen) atoms. The van der Waals surface area contributed by atoms with Crippen LogP contribution in [0.3, 0.4) is 0 Å². The first kappa shape index (κ1) is 21.5. The summed E-state index contributed by atoms with van der Waals surface area (Å²) in [5, 5.41) is 3.91. The Morgan fingerprint density at radius 3 is 2.69 bits per heavy atom. The third-order valence-electron chi connectivity index (χ3n) is 5.46. The van der Waals surface area contributed by atoms with Crippen LogP contribution in [-0.4, -0.2) is 48.1 Å². The Kier molecular flexibility index (Phi) is 7.05. The summed E-state index contributed by atoms with van der Waals surface area (Å²) in [7, 11) is 0. The second-order valence-corrected chi connectivity index (χ2v) is 9.27. The number of nitrogens with zero attached hydrogens (tertiary/aromatic N) is 3. The summed E-state index contributed by atoms with van der Waals surface area (Å²) in [5.74, 6) is 0.800. The lowest BCUT2D eigenvalue weighted by atomic mass is 9.97. The van der Waals surface area contributed by atoms with Crippen molar-refractivity contribution < 1.29 is 14.3 Å². The van der Waals surface area contributed by atoms with Gasteiger partial charge in [0.1, 0.15) is 17.0 Å². The minimum absolute atomic E-state index is 0.169. The summed E-state index contributed by atoms with van der Waals surface area (Å²) in [6.07, 6.45) is 3.92. The van der Waals surface area contributed by atoms with E-state index in [9.17, 15) is 9.59 Å². The van der Waals surface area contributed by atoms with Gasteiger partial charge < -0.3 is 15.0 Å². The van der Waals surface area contributed by atoms with E-state index in [4.69, 9.17) is 4.74 Å². The summed E-state index contributed by atoms with van der Waals surface area (Å²) in [6.45, 7) is 10.3. The Morgan fingerprint density at radius 2 is 2.00 bits per heavy atom. The molecule has 1 saturated heterocycles. The van der Waals surface area contributed by atoms with E-state index in [0.29, 0.717) is 25.3 Å². The Bertz CT molecular complexity index is 872. The van der Waals surface area contributed by atoms with Gasteiger partial charge in [0.15, 0.2) is 6.61 Å². The molecule has 0 radical (unpaired) electrons. The fourth-order valence-corrected chi connectivity index (χ4v) is 4.53. The molecule has 7 nitrogen and oxygen atoms in total. The van der Waals surface area contributed by atoms with Crippen LogP contribution in [-0.2, 0) is 14.3 Å². The number of carbonyl (C=O) groups excluding carboxylic acids is 2. The molecule has 0 unspecified atom stereocenters. The zero-order valence-electron chi connectivity index (χ0n) is 17.7. The van der Waals surface area contributed by atoms with Crippen LogP contribution in [0, 0.1) is 25.7 Å². The molecule has 0 spiro atoms. The molecule has 8 heteroatoms. The smallest absolute Gasteiger partial charge is 0.309 e. The number of nitrogens with one attached hydrogen (secondary N) is 1. The molecule has 1 amide bonds. The number of hydrogen-bond acceptors (Lipinski definition) is 7. The number of aryl methyl sites for hydroxylation is 2. The highest BCUT2D eigenvalue weighted by Gasteiger charge is 2.28. The number of rotatable bonds is 7. The lowest BCUT2D eigenvalue weighted by molar-refractivity contribution is -0.153. The number of thiophene rings is 1. The SMILES string of the molecule is Cc1sc2ncnc(N3CCC(C(=O)OCC(=O)NCCC(C)C)CC3)c2c1C. The zero-order chi connectivity index (χ0) is 21.0. The summed E-state index contributed by atoms with van der Waals surface area (Å²) >= 11 is 1.69. The van der Waals surface area contributed by atoms with Gasteiger partial charge in [-0.05, 0) is 44.6 Å². The van der Waals surface area contributed by atoms with Crippen molar-refractivity contribution in [3.05, 3.63) is 16.8 Å². The van der Waals surface area contributed by atoms with Crippen molar-refractivity contribution in [3.63, 3.8) is 0 Å². The van der Waals surface area contributed by atoms with Crippen molar-refractivity contribution in [3.8, 4) is 0 Å². The molecule has 3 rings (SSSR count). The first-order valence-electron chi connectivity index (χ1n) is 10.3. The van der Waals surface area contributed by atoms with Gasteiger partial charge in [0, 0.05) is 24.5 Å². The lowest BCUT2D eigenvalue weighted by Gasteiger charge is -2.32. The zero-order valence-corrected chi connectivity index (χ0v) is 18.5. The van der Waals surface area contributed by atoms with Crippen LogP contribution in [0.5, 0.6) is 0 Å². The number of aromatic nitrogens is 2. The highest BCUT2D eigenvalue weighted by molar-refractivity contribution is 7.18. The van der Waals surface area contributed by atoms with Crippen LogP contribution in [0.1, 0.15) is 43.6 Å². The molecule has 1 aliphatic heterocycles. The van der Waals surface area contributed by atoms with Gasteiger partial charge in [-0.15, -0.1) is 11.3 Å². The first-order chi connectivity index (χ1) is 13.9. The van der Waals surface area contributed by atoms with Crippen molar-refractivity contribution in [1.82, 2.24) is 15.3 Å². The average molecular weight is 419 g/mol. The molecule has 0 atom stereocenters. The highest BCUT2D eigenvalue weighted by atomic mass is 32.1. The minimum Gasteiger partial charge on any atom is -0.455 e. The van der Waals surface area contributed by atoms with E-state index in [1.54, 1.807) is 17.7 Å². The van der Waals surface area contributed by atoms with Gasteiger partial charge in [-0.2, -0.15) is 0 Å². The van der Waals surface area contributed by atoms with Crippen LogP contribution in [0.25, 0.3) is 10.2 Å². The van der Waals surface area contributed by atoms with Crippen LogP contribution >= 0.6 is 11.3 Å². The van der Waals surface area contributed by atoms with E-state index in [1.165, 1.54) is 10.4 Å². The van der Waals surface area contributed by atoms with Gasteiger partial charge in [0.25, 0.3) is 5.91 Å². The van der Waals surface area contributed by atoms with Gasteiger partial charge >= 0.3 is 5.97 Å². The van der Waals surface area contributed by atoms with Crippen LogP contribution in [0.2, 0.25) is 0 Å². The largest absolute Gasteiger partial charge is 0.455 e. The predicted molar refractivity (Wildman–Crippen MR) is 115 cm³/mol. The molecule has 2 aromatic rings. The number of ether oxygens (including phenoxy) is 1. The highest BCUT2D eigenvalue weighted by Crippen LogP contribution is 2.35. The second kappa shape index (κ2) is 9.52. The van der Waals surface area contributed by atoms with Crippen molar-refractivity contribution in [2.24, 2.45) is 11.8 Å². The van der Waals surface area contributed by atoms with E-state index < -0.39 is 0 Å². The Hall–Kier alpha value is -2.22. The van der Waals surface area contributed by atoms with Gasteiger partial charge in [0.2, 0.25) is 0 Å². The molecule has 158 valence electrons. The molecule has 0 aliphatic carbocycles. The third kappa shape index (κ3) is 5.23. The normalized spacial score (nSPS) is 15.1. The molecule has 0 bridgehead atoms. The molecule has 1 N–H and O–H groups in total. The molecule has 2 aromatic heterocycles. The van der Waals surface area contributed by atoms with E-state index in [2.05, 4.69) is 47.9 Å². The Morgan fingerprint density at radius 1 is 1.28 bits per heavy atom. The molecular weight excluding hydrogens is 388 g/mol. The molecule has 0 saturated carbocycles. The number of anilines is 1. The Labute approximate surface area is 175 Å². The Balaban J connectivity index is 1.51. The third-order valence-corrected chi connectivity index (χ3v) is 6.58. The fourth-order valence-electron chi connectivity index (χ4n) is 3.54. The van der Waals surface area contributed by atoms with Crippen LogP contribution < -0.4 is 10.2 Å². The summed E-state index contributed by atoms with van der Waals surface area (Å²) in [5.41, 5.74) is 1.23. The van der Waals surface area contributed by atoms with Gasteiger partial charge in [-0.1, -0.05) is 13.8 Å². The summed E-state index contributed by atoms with van der Waals surface area (Å²) in [6, 6.07) is 0. The monoisotopic (exact) mass is 418 g/mol. The molecule has 3 heterocycles. The first-order valence-corrected chi connectivity index (χ1v) is 11.1. The maximum absolute atomic E-state index is 12.4. The van der Waals surface area contributed by atoms with Crippen LogP contribution in [0.4, 0.5) is 5.82 Å². The van der Waals surface area contributed by atoms with E-state index in [-0.39, 0.29) is 24.4 Å². The molecule has 0 aromatic carbocycles. The average Bonchev–Trinajstić information content (AvgIpc) is 3.00. The quantitative estimate of drug-likeness (QED) is 0.695. The van der Waals surface area contributed by atoms with Gasteiger partial charge in [-0.3, -0.25) is 9.59 Å². The predicted octanol–water partition coefficient (Wildman–Crippen LogP) is 3.23. The van der Waals surface area contributed by atoms with Crippen molar-refractivity contribution in [2.45, 2.75) is 47.0 Å². The van der Waals surface area contributed by atoms with Crippen molar-refractivity contribution in [2.75, 3.05) is 31.1 Å². The van der Waals surface area contributed by atoms with E-state index in [1.807, 2.05) is 0 Å². The lowest BCUT2D eigenvalue weighted by Crippen LogP contribution is -2.38. The van der Waals surface area contributed by atoms with Gasteiger partial charge in [0.05, 0.1) is 11.3 Å². The topological polar surface area (TPSA) is 84.4 Å². The maximum Gasteiger partial charge on any atom is 0.309 e. The van der Waals surface area contributed by atoms with E-state index >= 15 is 0 Å². The number of piperidine rings is 1. The second-order valence-electron chi connectivity index (χ2n) is 8.06. The standard InChI is InChI=1S/C21H30N4O3S/c1-13(2)5-8-22-17(26)11-28-21(27)16-6-9-25(10-7-16)19-18-14(3)15(4)29-20(18)24-12-23-19/h12-13,16H,5-11H2,1-4H3,(H,22,26). The molecular formula is C21H30N4O3S. The van der Waals surface area contributed by atoms with Gasteiger partial charge in [-0.25, -0.2) is 9.97 Å². The fraction of sp³-hybridized carbons (Fsp3) is 0.619.